The second kappa shape index (κ2) is 8.29. The van der Waals surface area contributed by atoms with Crippen LogP contribution in [-0.4, -0.2) is 35.9 Å². The lowest BCUT2D eigenvalue weighted by Crippen LogP contribution is -2.44. The number of aliphatic imine (C=N–C) groups is 1. The van der Waals surface area contributed by atoms with Crippen molar-refractivity contribution in [1.29, 1.82) is 5.26 Å². The predicted octanol–water partition coefficient (Wildman–Crippen LogP) is 4.09. The number of fused-ring (bicyclic) bond motifs is 1. The molecule has 1 saturated heterocycles. The van der Waals surface area contributed by atoms with E-state index in [1.54, 1.807) is 13.3 Å². The molecule has 32 heavy (non-hydrogen) atoms. The molecule has 1 aliphatic rings. The number of rotatable bonds is 5. The van der Waals surface area contributed by atoms with Gasteiger partial charge in [-0.25, -0.2) is 0 Å². The fraction of sp³-hybridized carbons (Fsp3) is 0.192. The summed E-state index contributed by atoms with van der Waals surface area (Å²) in [5.74, 6) is 0.650. The Morgan fingerprint density at radius 1 is 1.19 bits per heavy atom. The first kappa shape index (κ1) is 20.0. The van der Waals surface area contributed by atoms with Crippen molar-refractivity contribution >= 4 is 22.8 Å². The van der Waals surface area contributed by atoms with E-state index < -0.39 is 0 Å². The van der Waals surface area contributed by atoms with Crippen LogP contribution in [0.2, 0.25) is 0 Å². The highest BCUT2D eigenvalue weighted by molar-refractivity contribution is 6.02. The topological polar surface area (TPSA) is 92.0 Å². The maximum Gasteiger partial charge on any atom is 0.0991 e. The molecule has 6 heteroatoms. The number of hydrogen-bond acceptors (Lipinski definition) is 5. The predicted molar refractivity (Wildman–Crippen MR) is 130 cm³/mol. The van der Waals surface area contributed by atoms with Crippen molar-refractivity contribution < 1.29 is 0 Å². The van der Waals surface area contributed by atoms with E-state index in [-0.39, 0.29) is 0 Å². The number of nitrogens with one attached hydrogen (secondary N) is 1. The molecule has 1 aliphatic heterocycles. The number of aromatic nitrogens is 2. The number of nitrogen functional groups attached to an aromatic ring is 1. The first-order valence-corrected chi connectivity index (χ1v) is 10.7. The van der Waals surface area contributed by atoms with Crippen LogP contribution in [-0.2, 0) is 6.54 Å². The first-order chi connectivity index (χ1) is 15.7. The van der Waals surface area contributed by atoms with Crippen LogP contribution in [0.3, 0.4) is 0 Å². The third kappa shape index (κ3) is 3.53. The van der Waals surface area contributed by atoms with Gasteiger partial charge in [0.15, 0.2) is 0 Å². The molecular weight excluding hydrogens is 396 g/mol. The Kier molecular flexibility index (Phi) is 5.18. The van der Waals surface area contributed by atoms with E-state index in [1.807, 2.05) is 48.7 Å². The lowest BCUT2D eigenvalue weighted by molar-refractivity contribution is 0.310. The Morgan fingerprint density at radius 2 is 1.97 bits per heavy atom. The summed E-state index contributed by atoms with van der Waals surface area (Å²) in [6.45, 7) is 3.09. The summed E-state index contributed by atoms with van der Waals surface area (Å²) in [6.07, 6.45) is 5.88. The zero-order chi connectivity index (χ0) is 22.1. The third-order valence-electron chi connectivity index (χ3n) is 6.08. The van der Waals surface area contributed by atoms with Crippen LogP contribution in [0.4, 0.5) is 5.69 Å². The molecule has 0 radical (unpaired) electrons. The first-order valence-electron chi connectivity index (χ1n) is 10.7. The Bertz CT molecular complexity index is 1350. The van der Waals surface area contributed by atoms with Gasteiger partial charge >= 0.3 is 0 Å². The van der Waals surface area contributed by atoms with Crippen molar-refractivity contribution in [2.75, 3.05) is 25.9 Å². The molecule has 6 nitrogen and oxygen atoms in total. The minimum atomic E-state index is 0.638. The minimum Gasteiger partial charge on any atom is -0.398 e. The van der Waals surface area contributed by atoms with Crippen LogP contribution in [0.15, 0.2) is 65.9 Å². The Hall–Kier alpha value is -3.95. The molecule has 0 amide bonds. The summed E-state index contributed by atoms with van der Waals surface area (Å²) in [5.41, 5.74) is 13.4. The molecule has 158 valence electrons. The van der Waals surface area contributed by atoms with Crippen molar-refractivity contribution in [2.24, 2.45) is 10.9 Å². The van der Waals surface area contributed by atoms with Gasteiger partial charge in [-0.05, 0) is 35.9 Å². The van der Waals surface area contributed by atoms with E-state index in [1.165, 1.54) is 0 Å². The molecule has 1 fully saturated rings. The monoisotopic (exact) mass is 420 g/mol. The lowest BCUT2D eigenvalue weighted by atomic mass is 9.94. The van der Waals surface area contributed by atoms with E-state index in [2.05, 4.69) is 33.2 Å². The maximum atomic E-state index is 9.23. The van der Waals surface area contributed by atoms with Crippen molar-refractivity contribution in [2.45, 2.75) is 6.54 Å². The molecule has 0 aliphatic carbocycles. The summed E-state index contributed by atoms with van der Waals surface area (Å²) < 4.78 is 2.29. The van der Waals surface area contributed by atoms with Crippen LogP contribution < -0.4 is 11.1 Å². The van der Waals surface area contributed by atoms with Gasteiger partial charge in [0.05, 0.1) is 29.0 Å². The molecule has 2 aromatic carbocycles. The van der Waals surface area contributed by atoms with Crippen LogP contribution in [0.5, 0.6) is 0 Å². The van der Waals surface area contributed by atoms with Gasteiger partial charge in [-0.1, -0.05) is 18.2 Å². The van der Waals surface area contributed by atoms with Gasteiger partial charge in [0.1, 0.15) is 0 Å². The van der Waals surface area contributed by atoms with Gasteiger partial charge < -0.3 is 15.6 Å². The van der Waals surface area contributed by atoms with E-state index in [9.17, 15) is 5.26 Å². The van der Waals surface area contributed by atoms with E-state index in [0.717, 1.165) is 58.5 Å². The number of pyridine rings is 1. The number of anilines is 1. The number of nitrogens with two attached hydrogens (primary N) is 1. The normalized spacial score (nSPS) is 14.0. The summed E-state index contributed by atoms with van der Waals surface area (Å²) in [5, 5.41) is 13.7. The van der Waals surface area contributed by atoms with Gasteiger partial charge in [0.25, 0.3) is 0 Å². The van der Waals surface area contributed by atoms with Crippen molar-refractivity contribution in [3.05, 3.63) is 72.1 Å². The van der Waals surface area contributed by atoms with Crippen molar-refractivity contribution in [1.82, 2.24) is 14.9 Å². The second-order valence-electron chi connectivity index (χ2n) is 8.19. The molecule has 5 rings (SSSR count). The quantitative estimate of drug-likeness (QED) is 0.376. The molecule has 0 unspecified atom stereocenters. The highest BCUT2D eigenvalue weighted by Gasteiger charge is 2.20. The fourth-order valence-electron chi connectivity index (χ4n) is 4.27. The van der Waals surface area contributed by atoms with Crippen LogP contribution in [0.25, 0.3) is 33.3 Å². The van der Waals surface area contributed by atoms with E-state index >= 15 is 0 Å². The molecule has 0 saturated carbocycles. The lowest BCUT2D eigenvalue weighted by Gasteiger charge is -2.27. The number of nitrogens with zero attached hydrogens (tertiary/aromatic N) is 4. The molecule has 3 heterocycles. The Labute approximate surface area is 187 Å². The van der Waals surface area contributed by atoms with E-state index in [4.69, 9.17) is 10.7 Å². The Morgan fingerprint density at radius 3 is 2.66 bits per heavy atom. The summed E-state index contributed by atoms with van der Waals surface area (Å²) in [6, 6.07) is 18.0. The molecule has 2 aromatic heterocycles. The summed E-state index contributed by atoms with van der Waals surface area (Å²) in [4.78, 5) is 9.06. The largest absolute Gasteiger partial charge is 0.398 e. The summed E-state index contributed by atoms with van der Waals surface area (Å²) in [7, 11) is 1.74. The molecule has 0 spiro atoms. The highest BCUT2D eigenvalue weighted by Crippen LogP contribution is 2.38. The van der Waals surface area contributed by atoms with E-state index in [0.29, 0.717) is 17.2 Å². The van der Waals surface area contributed by atoms with Crippen LogP contribution in [0, 0.1) is 17.2 Å². The van der Waals surface area contributed by atoms with Crippen molar-refractivity contribution in [3.63, 3.8) is 0 Å². The minimum absolute atomic E-state index is 0.638. The second-order valence-corrected chi connectivity index (χ2v) is 8.19. The average molecular weight is 421 g/mol. The van der Waals surface area contributed by atoms with Crippen LogP contribution in [0.1, 0.15) is 11.1 Å². The standard InChI is InChI=1S/C26H24N6/c1-29-14-21-10-20(6-7-23(21)28)26-25(19-4-2-17(11-27)3-5-19)22-8-9-32(24(22)15-31-26)16-18-12-30-13-18/h2-10,14-15,18,30H,12-13,16,28H2,1H3. The number of benzene rings is 2. The fourth-order valence-corrected chi connectivity index (χ4v) is 4.27. The summed E-state index contributed by atoms with van der Waals surface area (Å²) >= 11 is 0. The molecular formula is C26H24N6. The zero-order valence-electron chi connectivity index (χ0n) is 17.9. The van der Waals surface area contributed by atoms with Gasteiger partial charge in [0.2, 0.25) is 0 Å². The van der Waals surface area contributed by atoms with Gasteiger partial charge in [-0.3, -0.25) is 9.98 Å². The average Bonchev–Trinajstić information content (AvgIpc) is 3.20. The third-order valence-corrected chi connectivity index (χ3v) is 6.08. The smallest absolute Gasteiger partial charge is 0.0991 e. The van der Waals surface area contributed by atoms with Gasteiger partial charge in [0, 0.05) is 72.8 Å². The number of nitriles is 1. The molecule has 0 atom stereocenters. The van der Waals surface area contributed by atoms with Crippen molar-refractivity contribution in [3.8, 4) is 28.5 Å². The van der Waals surface area contributed by atoms with Crippen LogP contribution >= 0.6 is 0 Å². The van der Waals surface area contributed by atoms with Gasteiger partial charge in [-0.2, -0.15) is 5.26 Å². The SMILES string of the molecule is CN=Cc1cc(-c2ncc3c(ccn3CC3CNC3)c2-c2ccc(C#N)cc2)ccc1N. The maximum absolute atomic E-state index is 9.23. The highest BCUT2D eigenvalue weighted by atomic mass is 15.0. The molecule has 0 bridgehead atoms. The Balaban J connectivity index is 1.71. The van der Waals surface area contributed by atoms with Gasteiger partial charge in [-0.15, -0.1) is 0 Å². The molecule has 3 N–H and O–H groups in total. The molecule has 4 aromatic rings. The number of hydrogen-bond donors (Lipinski definition) is 2. The zero-order valence-corrected chi connectivity index (χ0v) is 17.9.